The molecule has 2 aromatic carbocycles. The number of rotatable bonds is 5. The molecule has 0 bridgehead atoms. The Hall–Kier alpha value is -2.76. The van der Waals surface area contributed by atoms with Crippen LogP contribution in [-0.4, -0.2) is 12.5 Å². The van der Waals surface area contributed by atoms with Gasteiger partial charge in [-0.15, -0.1) is 0 Å². The third kappa shape index (κ3) is 4.62. The van der Waals surface area contributed by atoms with Crippen LogP contribution in [-0.2, 0) is 11.0 Å². The lowest BCUT2D eigenvalue weighted by Gasteiger charge is -2.12. The van der Waals surface area contributed by atoms with E-state index in [4.69, 9.17) is 4.74 Å². The van der Waals surface area contributed by atoms with Gasteiger partial charge in [-0.3, -0.25) is 4.79 Å². The van der Waals surface area contributed by atoms with Gasteiger partial charge in [-0.2, -0.15) is 13.2 Å². The zero-order valence-corrected chi connectivity index (χ0v) is 12.9. The lowest BCUT2D eigenvalue weighted by molar-refractivity contribution is -0.136. The molecule has 2 aromatic rings. The van der Waals surface area contributed by atoms with E-state index < -0.39 is 17.6 Å². The highest BCUT2D eigenvalue weighted by molar-refractivity contribution is 6.02. The van der Waals surface area contributed by atoms with Gasteiger partial charge < -0.3 is 10.1 Å². The van der Waals surface area contributed by atoms with Crippen molar-refractivity contribution in [2.45, 2.75) is 13.1 Å². The molecule has 0 fully saturated rings. The molecule has 0 saturated heterocycles. The number of alkyl halides is 3. The van der Waals surface area contributed by atoms with Crippen LogP contribution in [0.3, 0.4) is 0 Å². The summed E-state index contributed by atoms with van der Waals surface area (Å²) in [5.41, 5.74) is -0.502. The van der Waals surface area contributed by atoms with Gasteiger partial charge in [-0.05, 0) is 31.2 Å². The van der Waals surface area contributed by atoms with E-state index in [0.717, 1.165) is 6.07 Å². The van der Waals surface area contributed by atoms with E-state index in [-0.39, 0.29) is 5.69 Å². The summed E-state index contributed by atoms with van der Waals surface area (Å²) in [5, 5.41) is 2.25. The fourth-order valence-electron chi connectivity index (χ4n) is 2.08. The van der Waals surface area contributed by atoms with E-state index in [1.54, 1.807) is 24.3 Å². The van der Waals surface area contributed by atoms with E-state index in [2.05, 4.69) is 5.32 Å². The number of halogens is 3. The molecule has 0 aliphatic rings. The van der Waals surface area contributed by atoms with E-state index in [0.29, 0.717) is 17.9 Å². The number of carbonyl (C=O) groups excluding carboxylic acids is 1. The van der Waals surface area contributed by atoms with Crippen molar-refractivity contribution in [1.29, 1.82) is 0 Å². The van der Waals surface area contributed by atoms with Gasteiger partial charge in [0, 0.05) is 11.6 Å². The van der Waals surface area contributed by atoms with Crippen molar-refractivity contribution in [2.75, 3.05) is 11.9 Å². The Labute approximate surface area is 137 Å². The fourth-order valence-corrected chi connectivity index (χ4v) is 2.08. The van der Waals surface area contributed by atoms with E-state index >= 15 is 0 Å². The Morgan fingerprint density at radius 3 is 2.50 bits per heavy atom. The lowest BCUT2D eigenvalue weighted by Crippen LogP contribution is -2.14. The molecule has 0 atom stereocenters. The van der Waals surface area contributed by atoms with Gasteiger partial charge in [0.1, 0.15) is 5.75 Å². The highest BCUT2D eigenvalue weighted by Crippen LogP contribution is 2.34. The number of carbonyl (C=O) groups is 1. The first kappa shape index (κ1) is 17.6. The van der Waals surface area contributed by atoms with Gasteiger partial charge in [0.25, 0.3) is 0 Å². The largest absolute Gasteiger partial charge is 0.493 e. The molecular formula is C18H16F3NO2. The zero-order chi connectivity index (χ0) is 17.6. The molecule has 0 aliphatic heterocycles. The molecule has 3 nitrogen and oxygen atoms in total. The molecule has 0 spiro atoms. The Bertz CT molecular complexity index is 739. The number of benzene rings is 2. The minimum Gasteiger partial charge on any atom is -0.493 e. The third-order valence-corrected chi connectivity index (χ3v) is 3.12. The van der Waals surface area contributed by atoms with Crippen LogP contribution < -0.4 is 10.1 Å². The smallest absolute Gasteiger partial charge is 0.418 e. The molecule has 0 aliphatic carbocycles. The third-order valence-electron chi connectivity index (χ3n) is 3.12. The summed E-state index contributed by atoms with van der Waals surface area (Å²) in [6, 6.07) is 11.9. The van der Waals surface area contributed by atoms with Gasteiger partial charge in [-0.25, -0.2) is 0 Å². The van der Waals surface area contributed by atoms with Crippen molar-refractivity contribution in [2.24, 2.45) is 0 Å². The number of amides is 1. The van der Waals surface area contributed by atoms with Crippen LogP contribution in [0.15, 0.2) is 54.6 Å². The summed E-state index contributed by atoms with van der Waals surface area (Å²) >= 11 is 0. The summed E-state index contributed by atoms with van der Waals surface area (Å²) in [6.07, 6.45) is -1.86. The molecule has 0 saturated carbocycles. The minimum atomic E-state index is -4.53. The molecule has 24 heavy (non-hydrogen) atoms. The first-order valence-electron chi connectivity index (χ1n) is 7.29. The predicted molar refractivity (Wildman–Crippen MR) is 86.7 cm³/mol. The minimum absolute atomic E-state index is 0.280. The standard InChI is InChI=1S/C18H16F3NO2/c1-2-24-16-10-6-3-7-13(16)11-12-17(23)22-15-9-5-4-8-14(15)18(19,20)21/h3-12H,2H2,1H3,(H,22,23)/b12-11+. The molecule has 0 heterocycles. The number of anilines is 1. The zero-order valence-electron chi connectivity index (χ0n) is 12.9. The van der Waals surface area contributed by atoms with Crippen LogP contribution in [0, 0.1) is 0 Å². The average Bonchev–Trinajstić information content (AvgIpc) is 2.54. The Morgan fingerprint density at radius 2 is 1.79 bits per heavy atom. The fraction of sp³-hybridized carbons (Fsp3) is 0.167. The van der Waals surface area contributed by atoms with Gasteiger partial charge in [0.2, 0.25) is 5.91 Å². The summed E-state index contributed by atoms with van der Waals surface area (Å²) in [7, 11) is 0. The monoisotopic (exact) mass is 335 g/mol. The van der Waals surface area contributed by atoms with Crippen LogP contribution in [0.25, 0.3) is 6.08 Å². The SMILES string of the molecule is CCOc1ccccc1/C=C/C(=O)Nc1ccccc1C(F)(F)F. The number of hydrogen-bond acceptors (Lipinski definition) is 2. The summed E-state index contributed by atoms with van der Waals surface area (Å²) in [5.74, 6) is -0.0576. The first-order valence-corrected chi connectivity index (χ1v) is 7.29. The molecule has 0 aromatic heterocycles. The van der Waals surface area contributed by atoms with E-state index in [1.807, 2.05) is 6.92 Å². The molecule has 6 heteroatoms. The molecule has 0 unspecified atom stereocenters. The second-order valence-corrected chi connectivity index (χ2v) is 4.84. The topological polar surface area (TPSA) is 38.3 Å². The Balaban J connectivity index is 2.15. The highest BCUT2D eigenvalue weighted by Gasteiger charge is 2.33. The Kier molecular flexibility index (Phi) is 5.63. The van der Waals surface area contributed by atoms with Crippen molar-refractivity contribution in [3.05, 3.63) is 65.7 Å². The number of hydrogen-bond donors (Lipinski definition) is 1. The van der Waals surface area contributed by atoms with Crippen LogP contribution in [0.2, 0.25) is 0 Å². The quantitative estimate of drug-likeness (QED) is 0.800. The molecule has 0 radical (unpaired) electrons. The van der Waals surface area contributed by atoms with Crippen LogP contribution in [0.5, 0.6) is 5.75 Å². The normalized spacial score (nSPS) is 11.5. The van der Waals surface area contributed by atoms with Crippen LogP contribution in [0.4, 0.5) is 18.9 Å². The van der Waals surface area contributed by atoms with Gasteiger partial charge in [0.05, 0.1) is 17.9 Å². The molecule has 2 rings (SSSR count). The van der Waals surface area contributed by atoms with Gasteiger partial charge in [-0.1, -0.05) is 30.3 Å². The van der Waals surface area contributed by atoms with Crippen molar-refractivity contribution in [1.82, 2.24) is 0 Å². The van der Waals surface area contributed by atoms with Gasteiger partial charge in [0.15, 0.2) is 0 Å². The molecular weight excluding hydrogens is 319 g/mol. The van der Waals surface area contributed by atoms with Crippen molar-refractivity contribution < 1.29 is 22.7 Å². The highest BCUT2D eigenvalue weighted by atomic mass is 19.4. The van der Waals surface area contributed by atoms with Crippen molar-refractivity contribution in [3.8, 4) is 5.75 Å². The number of para-hydroxylation sites is 2. The maximum Gasteiger partial charge on any atom is 0.418 e. The van der Waals surface area contributed by atoms with Crippen molar-refractivity contribution in [3.63, 3.8) is 0 Å². The predicted octanol–water partition coefficient (Wildman–Crippen LogP) is 4.76. The maximum absolute atomic E-state index is 12.9. The second-order valence-electron chi connectivity index (χ2n) is 4.84. The summed E-state index contributed by atoms with van der Waals surface area (Å²) in [4.78, 5) is 11.9. The molecule has 1 N–H and O–H groups in total. The number of nitrogens with one attached hydrogen (secondary N) is 1. The Morgan fingerprint density at radius 1 is 1.12 bits per heavy atom. The van der Waals surface area contributed by atoms with E-state index in [9.17, 15) is 18.0 Å². The number of ether oxygens (including phenoxy) is 1. The molecule has 126 valence electrons. The molecule has 1 amide bonds. The second kappa shape index (κ2) is 7.68. The van der Waals surface area contributed by atoms with Gasteiger partial charge >= 0.3 is 6.18 Å². The summed E-state index contributed by atoms with van der Waals surface area (Å²) in [6.45, 7) is 2.30. The first-order chi connectivity index (χ1) is 11.4. The van der Waals surface area contributed by atoms with E-state index in [1.165, 1.54) is 30.4 Å². The van der Waals surface area contributed by atoms with Crippen LogP contribution >= 0.6 is 0 Å². The lowest BCUT2D eigenvalue weighted by atomic mass is 10.1. The van der Waals surface area contributed by atoms with Crippen molar-refractivity contribution >= 4 is 17.7 Å². The summed E-state index contributed by atoms with van der Waals surface area (Å²) < 4.78 is 44.1. The maximum atomic E-state index is 12.9. The average molecular weight is 335 g/mol. The van der Waals surface area contributed by atoms with Crippen LogP contribution in [0.1, 0.15) is 18.1 Å².